The zero-order valence-corrected chi connectivity index (χ0v) is 15.0. The van der Waals surface area contributed by atoms with Crippen LogP contribution in [-0.4, -0.2) is 34.2 Å². The van der Waals surface area contributed by atoms with Gasteiger partial charge in [-0.05, 0) is 44.3 Å². The first-order chi connectivity index (χ1) is 10.5. The molecule has 22 heavy (non-hydrogen) atoms. The Labute approximate surface area is 142 Å². The number of hydrogen-bond donors (Lipinski definition) is 2. The lowest BCUT2D eigenvalue weighted by Crippen LogP contribution is -2.38. The summed E-state index contributed by atoms with van der Waals surface area (Å²) in [6.45, 7) is 8.28. The van der Waals surface area contributed by atoms with Crippen molar-refractivity contribution in [2.24, 2.45) is 5.92 Å². The van der Waals surface area contributed by atoms with Gasteiger partial charge in [0.25, 0.3) is 0 Å². The maximum Gasteiger partial charge on any atom is 0.232 e. The number of thiocarbonyl (C=S) groups is 1. The van der Waals surface area contributed by atoms with Crippen LogP contribution in [0.25, 0.3) is 0 Å². The van der Waals surface area contributed by atoms with E-state index in [1.165, 1.54) is 19.3 Å². The highest BCUT2D eigenvalue weighted by atomic mass is 35.5. The molecule has 0 aromatic carbocycles. The molecule has 0 spiro atoms. The Morgan fingerprint density at radius 2 is 2.23 bits per heavy atom. The summed E-state index contributed by atoms with van der Waals surface area (Å²) in [4.78, 5) is 11.1. The lowest BCUT2D eigenvalue weighted by molar-refractivity contribution is 0.481. The van der Waals surface area contributed by atoms with E-state index < -0.39 is 0 Å². The molecule has 1 aliphatic rings. The molecule has 0 radical (unpaired) electrons. The molecule has 5 nitrogen and oxygen atoms in total. The van der Waals surface area contributed by atoms with Gasteiger partial charge in [0, 0.05) is 25.2 Å². The molecule has 0 aliphatic carbocycles. The van der Waals surface area contributed by atoms with Crippen LogP contribution in [0, 0.1) is 5.92 Å². The molecule has 2 N–H and O–H groups in total. The summed E-state index contributed by atoms with van der Waals surface area (Å²) in [6, 6.07) is 2.29. The number of nitrogens with one attached hydrogen (secondary N) is 2. The van der Waals surface area contributed by atoms with E-state index in [1.807, 2.05) is 6.07 Å². The molecule has 1 saturated heterocycles. The molecule has 1 aromatic heterocycles. The van der Waals surface area contributed by atoms with Crippen LogP contribution in [0.5, 0.6) is 0 Å². The van der Waals surface area contributed by atoms with Crippen molar-refractivity contribution in [3.05, 3.63) is 11.2 Å². The number of halogens is 1. The fourth-order valence-corrected chi connectivity index (χ4v) is 2.84. The van der Waals surface area contributed by atoms with Gasteiger partial charge in [-0.2, -0.15) is 4.98 Å². The second kappa shape index (κ2) is 7.92. The summed E-state index contributed by atoms with van der Waals surface area (Å²) in [5.41, 5.74) is 0. The van der Waals surface area contributed by atoms with Crippen molar-refractivity contribution < 1.29 is 0 Å². The van der Waals surface area contributed by atoms with Crippen molar-refractivity contribution in [3.8, 4) is 0 Å². The Morgan fingerprint density at radius 3 is 2.91 bits per heavy atom. The SMILES string of the molecule is CC(C)CNC(=S)Nc1nc(Cl)cc(N2CCCC[C@H]2C)n1. The molecule has 0 amide bonds. The topological polar surface area (TPSA) is 53.1 Å². The van der Waals surface area contributed by atoms with E-state index in [1.54, 1.807) is 0 Å². The van der Waals surface area contributed by atoms with Crippen molar-refractivity contribution in [1.29, 1.82) is 0 Å². The van der Waals surface area contributed by atoms with Crippen molar-refractivity contribution >= 4 is 40.7 Å². The van der Waals surface area contributed by atoms with Gasteiger partial charge in [0.05, 0.1) is 0 Å². The first-order valence-corrected chi connectivity index (χ1v) is 8.60. The van der Waals surface area contributed by atoms with Gasteiger partial charge < -0.3 is 15.5 Å². The normalized spacial score (nSPS) is 18.4. The summed E-state index contributed by atoms with van der Waals surface area (Å²) >= 11 is 11.4. The van der Waals surface area contributed by atoms with E-state index in [9.17, 15) is 0 Å². The molecule has 7 heteroatoms. The molecule has 1 aromatic rings. The van der Waals surface area contributed by atoms with Crippen LogP contribution < -0.4 is 15.5 Å². The van der Waals surface area contributed by atoms with Crippen LogP contribution in [0.4, 0.5) is 11.8 Å². The smallest absolute Gasteiger partial charge is 0.232 e. The standard InChI is InChI=1S/C15H24ClN5S/c1-10(2)9-17-15(22)20-14-18-12(16)8-13(19-14)21-7-5-4-6-11(21)3/h8,10-11H,4-7,9H2,1-3H3,(H2,17,18,19,20,22)/t11-/m1/s1. The monoisotopic (exact) mass is 341 g/mol. The minimum absolute atomic E-state index is 0.428. The quantitative estimate of drug-likeness (QED) is 0.646. The molecular formula is C15H24ClN5S. The molecular weight excluding hydrogens is 318 g/mol. The van der Waals surface area contributed by atoms with Gasteiger partial charge in [0.15, 0.2) is 5.11 Å². The van der Waals surface area contributed by atoms with E-state index in [-0.39, 0.29) is 0 Å². The van der Waals surface area contributed by atoms with Gasteiger partial charge in [-0.25, -0.2) is 4.98 Å². The van der Waals surface area contributed by atoms with Crippen molar-refractivity contribution in [2.45, 2.75) is 46.1 Å². The Bertz CT molecular complexity index is 523. The summed E-state index contributed by atoms with van der Waals surface area (Å²) < 4.78 is 0. The number of nitrogens with zero attached hydrogens (tertiary/aromatic N) is 3. The molecule has 2 heterocycles. The average Bonchev–Trinajstić information content (AvgIpc) is 2.45. The van der Waals surface area contributed by atoms with Gasteiger partial charge in [0.1, 0.15) is 11.0 Å². The molecule has 1 fully saturated rings. The Kier molecular flexibility index (Phi) is 6.20. The Hall–Kier alpha value is -1.14. The number of rotatable bonds is 4. The Balaban J connectivity index is 2.07. The van der Waals surface area contributed by atoms with Gasteiger partial charge >= 0.3 is 0 Å². The highest BCUT2D eigenvalue weighted by Gasteiger charge is 2.20. The maximum absolute atomic E-state index is 6.15. The van der Waals surface area contributed by atoms with Gasteiger partial charge in [-0.1, -0.05) is 25.4 Å². The van der Waals surface area contributed by atoms with Crippen molar-refractivity contribution in [3.63, 3.8) is 0 Å². The van der Waals surface area contributed by atoms with Gasteiger partial charge in [-0.3, -0.25) is 0 Å². The Morgan fingerprint density at radius 1 is 1.45 bits per heavy atom. The molecule has 0 bridgehead atoms. The van der Waals surface area contributed by atoms with Crippen molar-refractivity contribution in [1.82, 2.24) is 15.3 Å². The summed E-state index contributed by atoms with van der Waals surface area (Å²) in [7, 11) is 0. The first kappa shape index (κ1) is 17.2. The predicted octanol–water partition coefficient (Wildman–Crippen LogP) is 3.45. The van der Waals surface area contributed by atoms with Crippen LogP contribution in [0.15, 0.2) is 6.07 Å². The van der Waals surface area contributed by atoms with E-state index in [0.29, 0.717) is 28.2 Å². The van der Waals surface area contributed by atoms with Gasteiger partial charge in [0.2, 0.25) is 5.95 Å². The first-order valence-electron chi connectivity index (χ1n) is 7.82. The fourth-order valence-electron chi connectivity index (χ4n) is 2.49. The van der Waals surface area contributed by atoms with Gasteiger partial charge in [-0.15, -0.1) is 0 Å². The van der Waals surface area contributed by atoms with Crippen LogP contribution in [-0.2, 0) is 0 Å². The number of anilines is 2. The summed E-state index contributed by atoms with van der Waals surface area (Å²) in [6.07, 6.45) is 3.63. The molecule has 1 aliphatic heterocycles. The molecule has 0 saturated carbocycles. The lowest BCUT2D eigenvalue weighted by atomic mass is 10.0. The fraction of sp³-hybridized carbons (Fsp3) is 0.667. The van der Waals surface area contributed by atoms with Crippen LogP contribution in [0.2, 0.25) is 5.15 Å². The number of piperidine rings is 1. The third kappa shape index (κ3) is 4.95. The third-order valence-corrected chi connectivity index (χ3v) is 4.11. The highest BCUT2D eigenvalue weighted by molar-refractivity contribution is 7.80. The largest absolute Gasteiger partial charge is 0.362 e. The number of aromatic nitrogens is 2. The average molecular weight is 342 g/mol. The number of hydrogen-bond acceptors (Lipinski definition) is 4. The molecule has 0 unspecified atom stereocenters. The molecule has 122 valence electrons. The second-order valence-electron chi connectivity index (χ2n) is 6.14. The molecule has 1 atom stereocenters. The summed E-state index contributed by atoms with van der Waals surface area (Å²) in [5, 5.41) is 7.11. The third-order valence-electron chi connectivity index (χ3n) is 3.67. The lowest BCUT2D eigenvalue weighted by Gasteiger charge is -2.34. The van der Waals surface area contributed by atoms with Crippen molar-refractivity contribution in [2.75, 3.05) is 23.3 Å². The molecule has 2 rings (SSSR count). The van der Waals surface area contributed by atoms with E-state index in [2.05, 4.69) is 46.3 Å². The van der Waals surface area contributed by atoms with Crippen LogP contribution in [0.3, 0.4) is 0 Å². The minimum atomic E-state index is 0.428. The maximum atomic E-state index is 6.15. The van der Waals surface area contributed by atoms with Crippen LogP contribution in [0.1, 0.15) is 40.0 Å². The van der Waals surface area contributed by atoms with Crippen LogP contribution >= 0.6 is 23.8 Å². The zero-order chi connectivity index (χ0) is 16.1. The van der Waals surface area contributed by atoms with E-state index in [4.69, 9.17) is 23.8 Å². The predicted molar refractivity (Wildman–Crippen MR) is 96.8 cm³/mol. The highest BCUT2D eigenvalue weighted by Crippen LogP contribution is 2.25. The second-order valence-corrected chi connectivity index (χ2v) is 6.94. The summed E-state index contributed by atoms with van der Waals surface area (Å²) in [5.74, 6) is 1.83. The van der Waals surface area contributed by atoms with E-state index >= 15 is 0 Å². The zero-order valence-electron chi connectivity index (χ0n) is 13.4. The van der Waals surface area contributed by atoms with E-state index in [0.717, 1.165) is 18.9 Å². The minimum Gasteiger partial charge on any atom is -0.362 e.